The van der Waals surface area contributed by atoms with E-state index in [1.165, 1.54) is 25.7 Å². The minimum atomic E-state index is -1.01. The second-order valence-corrected chi connectivity index (χ2v) is 14.5. The molecule has 4 aliphatic rings. The molecule has 0 aliphatic heterocycles. The zero-order chi connectivity index (χ0) is 27.4. The predicted molar refractivity (Wildman–Crippen MR) is 157 cm³/mol. The fourth-order valence-corrected chi connectivity index (χ4v) is 10.7. The summed E-state index contributed by atoms with van der Waals surface area (Å²) in [6.45, 7) is 7.30. The molecule has 0 bridgehead atoms. The Hall–Kier alpha value is -1.68. The van der Waals surface area contributed by atoms with Crippen molar-refractivity contribution in [1.29, 1.82) is 0 Å². The molecule has 0 radical (unpaired) electrons. The molecular formula is C36H50O3. The van der Waals surface area contributed by atoms with Crippen molar-refractivity contribution in [2.75, 3.05) is 0 Å². The molecule has 4 aliphatic carbocycles. The molecule has 212 valence electrons. The van der Waals surface area contributed by atoms with Crippen LogP contribution in [0.3, 0.4) is 0 Å². The van der Waals surface area contributed by atoms with Crippen molar-refractivity contribution < 1.29 is 15.3 Å². The molecule has 3 nitrogen and oxygen atoms in total. The smallest absolute Gasteiger partial charge is 0.115 e. The van der Waals surface area contributed by atoms with Crippen LogP contribution in [0, 0.1) is 46.3 Å². The number of benzene rings is 2. The quantitative estimate of drug-likeness (QED) is 0.366. The first-order valence-electron chi connectivity index (χ1n) is 15.9. The average molecular weight is 531 g/mol. The molecule has 10 atom stereocenters. The summed E-state index contributed by atoms with van der Waals surface area (Å²) in [5.41, 5.74) is 1.14. The van der Waals surface area contributed by atoms with Crippen LogP contribution in [0.25, 0.3) is 0 Å². The van der Waals surface area contributed by atoms with Gasteiger partial charge in [0.15, 0.2) is 0 Å². The van der Waals surface area contributed by atoms with E-state index in [-0.39, 0.29) is 23.0 Å². The lowest BCUT2D eigenvalue weighted by molar-refractivity contribution is -0.175. The minimum Gasteiger partial charge on any atom is -0.393 e. The van der Waals surface area contributed by atoms with Gasteiger partial charge in [0.05, 0.1) is 12.2 Å². The van der Waals surface area contributed by atoms with Gasteiger partial charge in [0.25, 0.3) is 0 Å². The highest BCUT2D eigenvalue weighted by molar-refractivity contribution is 5.35. The Labute approximate surface area is 236 Å². The number of rotatable bonds is 6. The molecule has 3 N–H and O–H groups in total. The number of aliphatic hydroxyl groups is 3. The van der Waals surface area contributed by atoms with Crippen LogP contribution in [0.15, 0.2) is 60.7 Å². The standard InChI is InChI=1S/C36H50O3/c1-24(18-21-36(39,25-10-6-4-7-11-25)26-12-8-5-9-13-26)30-16-17-31-29-15-14-27-22-28(37)19-20-34(27,2)32(29)23-33(38)35(30,31)3/h4-13,24,27-33,37-39H,14-23H2,1-3H3/t24-,27+,28-,29-,30-,31+,32+,33+,34-,35+/m0/s1. The first kappa shape index (κ1) is 27.5. The number of hydrogen-bond acceptors (Lipinski definition) is 3. The summed E-state index contributed by atoms with van der Waals surface area (Å²) in [5, 5.41) is 34.5. The molecule has 0 aromatic heterocycles. The van der Waals surface area contributed by atoms with Crippen LogP contribution in [0.4, 0.5) is 0 Å². The lowest BCUT2D eigenvalue weighted by Gasteiger charge is -2.62. The number of fused-ring (bicyclic) bond motifs is 5. The van der Waals surface area contributed by atoms with Crippen molar-refractivity contribution in [1.82, 2.24) is 0 Å². The van der Waals surface area contributed by atoms with E-state index in [1.54, 1.807) is 0 Å². The molecule has 0 heterocycles. The maximum atomic E-state index is 12.1. The largest absolute Gasteiger partial charge is 0.393 e. The van der Waals surface area contributed by atoms with E-state index in [1.807, 2.05) is 36.4 Å². The maximum absolute atomic E-state index is 12.1. The summed E-state index contributed by atoms with van der Waals surface area (Å²) in [7, 11) is 0. The molecule has 2 aromatic carbocycles. The van der Waals surface area contributed by atoms with Crippen molar-refractivity contribution in [3.8, 4) is 0 Å². The van der Waals surface area contributed by atoms with Crippen molar-refractivity contribution in [2.45, 2.75) is 103 Å². The average Bonchev–Trinajstić information content (AvgIpc) is 3.32. The van der Waals surface area contributed by atoms with Crippen LogP contribution in [-0.2, 0) is 5.60 Å². The second-order valence-electron chi connectivity index (χ2n) is 14.5. The Bertz CT molecular complexity index is 1080. The van der Waals surface area contributed by atoms with E-state index in [4.69, 9.17) is 0 Å². The van der Waals surface area contributed by atoms with Gasteiger partial charge in [0.2, 0.25) is 0 Å². The molecule has 0 amide bonds. The van der Waals surface area contributed by atoms with Crippen molar-refractivity contribution >= 4 is 0 Å². The van der Waals surface area contributed by atoms with Gasteiger partial charge >= 0.3 is 0 Å². The predicted octanol–water partition coefficient (Wildman–Crippen LogP) is 7.33. The highest BCUT2D eigenvalue weighted by Gasteiger charge is 2.63. The van der Waals surface area contributed by atoms with Crippen molar-refractivity contribution in [3.05, 3.63) is 71.8 Å². The lowest BCUT2D eigenvalue weighted by Crippen LogP contribution is -2.58. The van der Waals surface area contributed by atoms with E-state index in [9.17, 15) is 15.3 Å². The monoisotopic (exact) mass is 530 g/mol. The molecule has 0 unspecified atom stereocenters. The van der Waals surface area contributed by atoms with Crippen LogP contribution >= 0.6 is 0 Å². The molecule has 2 aromatic rings. The SMILES string of the molecule is C[C@@H](CCC(O)(c1ccccc1)c1ccccc1)[C@@H]1CC[C@@H]2[C@@H]3CC[C@@H]4C[C@@H](O)CC[C@]4(C)[C@@H]3C[C@@H](O)[C@@]21C. The fourth-order valence-electron chi connectivity index (χ4n) is 10.7. The zero-order valence-electron chi connectivity index (χ0n) is 24.3. The molecule has 39 heavy (non-hydrogen) atoms. The van der Waals surface area contributed by atoms with Crippen molar-refractivity contribution in [3.63, 3.8) is 0 Å². The molecule has 6 rings (SSSR count). The molecule has 0 saturated heterocycles. The van der Waals surface area contributed by atoms with Crippen LogP contribution in [-0.4, -0.2) is 27.5 Å². The Balaban J connectivity index is 1.22. The lowest BCUT2D eigenvalue weighted by atomic mass is 9.43. The highest BCUT2D eigenvalue weighted by Crippen LogP contribution is 2.68. The van der Waals surface area contributed by atoms with E-state index >= 15 is 0 Å². The van der Waals surface area contributed by atoms with Crippen LogP contribution in [0.2, 0.25) is 0 Å². The summed E-state index contributed by atoms with van der Waals surface area (Å²) in [6, 6.07) is 20.3. The molecule has 0 spiro atoms. The Kier molecular flexibility index (Phi) is 7.26. The van der Waals surface area contributed by atoms with Gasteiger partial charge in [0, 0.05) is 0 Å². The van der Waals surface area contributed by atoms with E-state index in [0.717, 1.165) is 43.2 Å². The number of hydrogen-bond donors (Lipinski definition) is 3. The summed E-state index contributed by atoms with van der Waals surface area (Å²) in [4.78, 5) is 0. The van der Waals surface area contributed by atoms with Gasteiger partial charge in [-0.15, -0.1) is 0 Å². The first-order chi connectivity index (χ1) is 18.7. The summed E-state index contributed by atoms with van der Waals surface area (Å²) in [5.74, 6) is 3.41. The minimum absolute atomic E-state index is 0.0461. The van der Waals surface area contributed by atoms with Gasteiger partial charge in [-0.05, 0) is 122 Å². The van der Waals surface area contributed by atoms with Crippen LogP contribution in [0.5, 0.6) is 0 Å². The molecule has 4 saturated carbocycles. The van der Waals surface area contributed by atoms with Gasteiger partial charge in [-0.3, -0.25) is 0 Å². The third-order valence-corrected chi connectivity index (χ3v) is 13.0. The Morgan fingerprint density at radius 1 is 0.821 bits per heavy atom. The van der Waals surface area contributed by atoms with Crippen LogP contribution < -0.4 is 0 Å². The second kappa shape index (κ2) is 10.3. The third kappa shape index (κ3) is 4.43. The van der Waals surface area contributed by atoms with Gasteiger partial charge in [-0.1, -0.05) is 81.4 Å². The third-order valence-electron chi connectivity index (χ3n) is 13.0. The zero-order valence-corrected chi connectivity index (χ0v) is 24.3. The highest BCUT2D eigenvalue weighted by atomic mass is 16.3. The summed E-state index contributed by atoms with van der Waals surface area (Å²) >= 11 is 0. The van der Waals surface area contributed by atoms with E-state index < -0.39 is 5.60 Å². The maximum Gasteiger partial charge on any atom is 0.115 e. The first-order valence-corrected chi connectivity index (χ1v) is 15.9. The van der Waals surface area contributed by atoms with E-state index in [2.05, 4.69) is 45.0 Å². The van der Waals surface area contributed by atoms with Gasteiger partial charge in [-0.25, -0.2) is 0 Å². The topological polar surface area (TPSA) is 60.7 Å². The number of aliphatic hydroxyl groups excluding tert-OH is 2. The van der Waals surface area contributed by atoms with Crippen molar-refractivity contribution in [2.24, 2.45) is 46.3 Å². The fraction of sp³-hybridized carbons (Fsp3) is 0.667. The molecule has 4 fully saturated rings. The Morgan fingerprint density at radius 2 is 1.46 bits per heavy atom. The van der Waals surface area contributed by atoms with E-state index in [0.29, 0.717) is 41.9 Å². The van der Waals surface area contributed by atoms with Gasteiger partial charge in [0.1, 0.15) is 5.60 Å². The normalized spacial score (nSPS) is 40.8. The molecule has 3 heteroatoms. The van der Waals surface area contributed by atoms with Gasteiger partial charge < -0.3 is 15.3 Å². The Morgan fingerprint density at radius 3 is 2.10 bits per heavy atom. The summed E-state index contributed by atoms with van der Waals surface area (Å²) in [6.07, 6.45) is 10.1. The van der Waals surface area contributed by atoms with Crippen LogP contribution in [0.1, 0.15) is 96.1 Å². The molecular weight excluding hydrogens is 480 g/mol. The summed E-state index contributed by atoms with van der Waals surface area (Å²) < 4.78 is 0. The van der Waals surface area contributed by atoms with Gasteiger partial charge in [-0.2, -0.15) is 0 Å².